The fraction of sp³-hybridized carbons (Fsp3) is 0.576. The third kappa shape index (κ3) is 6.61. The summed E-state index contributed by atoms with van der Waals surface area (Å²) in [6.07, 6.45) is 12.4. The number of hydrogen-bond acceptors (Lipinski definition) is 3. The molecule has 2 aliphatic rings. The van der Waals surface area contributed by atoms with Gasteiger partial charge in [-0.3, -0.25) is 0 Å². The lowest BCUT2D eigenvalue weighted by atomic mass is 9.70. The molecule has 1 heterocycles. The number of allylic oxidation sites excluding steroid dienone is 1. The van der Waals surface area contributed by atoms with Gasteiger partial charge >= 0.3 is 0 Å². The molecule has 4 rings (SSSR count). The van der Waals surface area contributed by atoms with Crippen LogP contribution in [0.2, 0.25) is 0 Å². The number of hydrogen-bond donors (Lipinski definition) is 0. The zero-order chi connectivity index (χ0) is 25.4. The van der Waals surface area contributed by atoms with E-state index in [1.165, 1.54) is 48.8 Å². The molecule has 0 unspecified atom stereocenters. The minimum absolute atomic E-state index is 0.114. The molecule has 36 heavy (non-hydrogen) atoms. The van der Waals surface area contributed by atoms with E-state index in [1.807, 2.05) is 0 Å². The van der Waals surface area contributed by atoms with Crippen LogP contribution in [0.25, 0.3) is 0 Å². The minimum atomic E-state index is -0.434. The predicted octanol–water partition coefficient (Wildman–Crippen LogP) is 8.72. The second-order valence-corrected chi connectivity index (χ2v) is 11.5. The number of benzene rings is 2. The van der Waals surface area contributed by atoms with Crippen LogP contribution in [0.3, 0.4) is 0 Å². The van der Waals surface area contributed by atoms with E-state index in [2.05, 4.69) is 82.0 Å². The van der Waals surface area contributed by atoms with Gasteiger partial charge in [0.2, 0.25) is 0 Å². The molecule has 1 aliphatic heterocycles. The van der Waals surface area contributed by atoms with Gasteiger partial charge in [0.15, 0.2) is 5.79 Å². The minimum Gasteiger partial charge on any atom is -0.489 e. The first-order chi connectivity index (χ1) is 17.5. The summed E-state index contributed by atoms with van der Waals surface area (Å²) in [7, 11) is 0. The van der Waals surface area contributed by atoms with Gasteiger partial charge in [-0.25, -0.2) is 0 Å². The Kier molecular flexibility index (Phi) is 9.30. The molecule has 0 aromatic heterocycles. The molecule has 0 bridgehead atoms. The van der Waals surface area contributed by atoms with Crippen LogP contribution in [-0.4, -0.2) is 19.0 Å². The third-order valence-corrected chi connectivity index (χ3v) is 8.37. The molecule has 3 nitrogen and oxygen atoms in total. The highest BCUT2D eigenvalue weighted by Gasteiger charge is 2.46. The van der Waals surface area contributed by atoms with Gasteiger partial charge in [0.25, 0.3) is 0 Å². The fourth-order valence-corrected chi connectivity index (χ4v) is 6.09. The summed E-state index contributed by atoms with van der Waals surface area (Å²) in [5, 5.41) is 0. The summed E-state index contributed by atoms with van der Waals surface area (Å²) in [5.41, 5.74) is 3.97. The first-order valence-electron chi connectivity index (χ1n) is 14.2. The van der Waals surface area contributed by atoms with E-state index >= 15 is 0 Å². The summed E-state index contributed by atoms with van der Waals surface area (Å²) in [5.74, 6) is 1.43. The highest BCUT2D eigenvalue weighted by atomic mass is 16.7. The molecule has 2 atom stereocenters. The lowest BCUT2D eigenvalue weighted by molar-refractivity contribution is -0.187. The number of ether oxygens (including phenoxy) is 3. The Balaban J connectivity index is 1.64. The van der Waals surface area contributed by atoms with Crippen LogP contribution in [0.1, 0.15) is 101 Å². The van der Waals surface area contributed by atoms with Crippen LogP contribution in [0, 0.1) is 5.92 Å². The van der Waals surface area contributed by atoms with Crippen molar-refractivity contribution in [3.05, 3.63) is 77.9 Å². The average molecular weight is 491 g/mol. The van der Waals surface area contributed by atoms with Crippen molar-refractivity contribution < 1.29 is 14.2 Å². The van der Waals surface area contributed by atoms with Crippen molar-refractivity contribution in [2.75, 3.05) is 13.2 Å². The molecule has 3 heteroatoms. The highest BCUT2D eigenvalue weighted by molar-refractivity contribution is 5.43. The normalized spacial score (nSPS) is 21.5. The van der Waals surface area contributed by atoms with E-state index in [0.29, 0.717) is 31.7 Å². The van der Waals surface area contributed by atoms with Gasteiger partial charge in [0.1, 0.15) is 12.4 Å². The third-order valence-electron chi connectivity index (χ3n) is 8.37. The standard InChI is InChI=1S/C33H46O3/c1-5-7-8-12-19-32(3,4)28-16-17-29(31(23-28)34-25-26-14-10-9-11-15-26)30-24-33(35-21-22-36-33)20-18-27(30)13-6-2/h6,9-11,14-17,23,27,30H,2,5,7-8,12-13,18-22,24-25H2,1,3-4H3/t27-,30-/m1/s1. The van der Waals surface area contributed by atoms with Gasteiger partial charge in [0.05, 0.1) is 13.2 Å². The molecule has 2 fully saturated rings. The Morgan fingerprint density at radius 3 is 2.56 bits per heavy atom. The lowest BCUT2D eigenvalue weighted by Crippen LogP contribution is -2.39. The van der Waals surface area contributed by atoms with Crippen molar-refractivity contribution >= 4 is 0 Å². The molecule has 1 aliphatic carbocycles. The van der Waals surface area contributed by atoms with E-state index < -0.39 is 5.79 Å². The second kappa shape index (κ2) is 12.4. The van der Waals surface area contributed by atoms with Crippen molar-refractivity contribution in [1.29, 1.82) is 0 Å². The molecule has 196 valence electrons. The molecule has 1 spiro atoms. The first-order valence-corrected chi connectivity index (χ1v) is 14.2. The average Bonchev–Trinajstić information content (AvgIpc) is 3.35. The van der Waals surface area contributed by atoms with Crippen molar-refractivity contribution in [2.45, 2.75) is 102 Å². The quantitative estimate of drug-likeness (QED) is 0.220. The molecule has 2 aromatic rings. The van der Waals surface area contributed by atoms with Gasteiger partial charge in [0, 0.05) is 12.8 Å². The maximum absolute atomic E-state index is 6.63. The first kappa shape index (κ1) is 26.9. The van der Waals surface area contributed by atoms with Gasteiger partial charge in [-0.1, -0.05) is 95.0 Å². The maximum Gasteiger partial charge on any atom is 0.169 e. The monoisotopic (exact) mass is 490 g/mol. The van der Waals surface area contributed by atoms with Crippen molar-refractivity contribution in [1.82, 2.24) is 0 Å². The fourth-order valence-electron chi connectivity index (χ4n) is 6.09. The summed E-state index contributed by atoms with van der Waals surface area (Å²) in [6, 6.07) is 17.5. The van der Waals surface area contributed by atoms with Crippen LogP contribution < -0.4 is 4.74 Å². The number of unbranched alkanes of at least 4 members (excludes halogenated alkanes) is 3. The molecular formula is C33H46O3. The van der Waals surface area contributed by atoms with Crippen LogP contribution in [0.15, 0.2) is 61.2 Å². The van der Waals surface area contributed by atoms with Gasteiger partial charge < -0.3 is 14.2 Å². The van der Waals surface area contributed by atoms with Gasteiger partial charge in [-0.15, -0.1) is 6.58 Å². The lowest BCUT2D eigenvalue weighted by Gasteiger charge is -2.41. The molecule has 0 amide bonds. The van der Waals surface area contributed by atoms with Gasteiger partial charge in [-0.05, 0) is 59.3 Å². The molecule has 0 radical (unpaired) electrons. The molecule has 2 aromatic carbocycles. The van der Waals surface area contributed by atoms with Crippen LogP contribution in [-0.2, 0) is 21.5 Å². The van der Waals surface area contributed by atoms with Crippen LogP contribution in [0.4, 0.5) is 0 Å². The van der Waals surface area contributed by atoms with E-state index in [0.717, 1.165) is 31.4 Å². The predicted molar refractivity (Wildman–Crippen MR) is 149 cm³/mol. The van der Waals surface area contributed by atoms with Crippen molar-refractivity contribution in [2.24, 2.45) is 5.92 Å². The molecular weight excluding hydrogens is 444 g/mol. The number of rotatable bonds is 12. The van der Waals surface area contributed by atoms with Crippen molar-refractivity contribution in [3.63, 3.8) is 0 Å². The largest absolute Gasteiger partial charge is 0.489 e. The van der Waals surface area contributed by atoms with Gasteiger partial charge in [-0.2, -0.15) is 0 Å². The highest BCUT2D eigenvalue weighted by Crippen LogP contribution is 2.50. The Morgan fingerprint density at radius 2 is 1.83 bits per heavy atom. The van der Waals surface area contributed by atoms with E-state index in [9.17, 15) is 0 Å². The molecule has 0 N–H and O–H groups in total. The SMILES string of the molecule is C=CC[C@@H]1CCC2(C[C@H]1c1ccc(C(C)(C)CCCCCC)cc1OCc1ccccc1)OCCO2. The van der Waals surface area contributed by atoms with Crippen LogP contribution >= 0.6 is 0 Å². The summed E-state index contributed by atoms with van der Waals surface area (Å²) >= 11 is 0. The zero-order valence-corrected chi connectivity index (χ0v) is 22.8. The summed E-state index contributed by atoms with van der Waals surface area (Å²) in [4.78, 5) is 0. The Morgan fingerprint density at radius 1 is 1.06 bits per heavy atom. The van der Waals surface area contributed by atoms with E-state index in [-0.39, 0.29) is 5.41 Å². The summed E-state index contributed by atoms with van der Waals surface area (Å²) in [6.45, 7) is 13.1. The Bertz CT molecular complexity index is 958. The molecule has 1 saturated carbocycles. The maximum atomic E-state index is 6.63. The smallest absolute Gasteiger partial charge is 0.169 e. The zero-order valence-electron chi connectivity index (χ0n) is 22.8. The molecule has 1 saturated heterocycles. The van der Waals surface area contributed by atoms with E-state index in [4.69, 9.17) is 14.2 Å². The summed E-state index contributed by atoms with van der Waals surface area (Å²) < 4.78 is 19.0. The van der Waals surface area contributed by atoms with Crippen molar-refractivity contribution in [3.8, 4) is 5.75 Å². The Hall–Kier alpha value is -2.10. The topological polar surface area (TPSA) is 27.7 Å². The Labute approximate surface area is 219 Å². The van der Waals surface area contributed by atoms with E-state index in [1.54, 1.807) is 0 Å². The second-order valence-electron chi connectivity index (χ2n) is 11.5. The van der Waals surface area contributed by atoms with Crippen LogP contribution in [0.5, 0.6) is 5.75 Å².